The second kappa shape index (κ2) is 8.97. The first-order valence-electron chi connectivity index (χ1n) is 9.78. The van der Waals surface area contributed by atoms with E-state index in [2.05, 4.69) is 9.97 Å². The summed E-state index contributed by atoms with van der Waals surface area (Å²) in [6, 6.07) is 10.2. The Morgan fingerprint density at radius 2 is 1.57 bits per heavy atom. The molecule has 0 spiro atoms. The number of ether oxygens (including phenoxy) is 3. The van der Waals surface area contributed by atoms with Gasteiger partial charge in [0.25, 0.3) is 0 Å². The summed E-state index contributed by atoms with van der Waals surface area (Å²) in [5.41, 5.74) is -2.26. The summed E-state index contributed by atoms with van der Waals surface area (Å²) < 4.78 is 62.0. The van der Waals surface area contributed by atoms with Crippen molar-refractivity contribution in [2.24, 2.45) is 0 Å². The van der Waals surface area contributed by atoms with E-state index in [1.807, 2.05) is 0 Å². The van der Waals surface area contributed by atoms with E-state index in [1.54, 1.807) is 6.07 Å². The van der Waals surface area contributed by atoms with E-state index >= 15 is 0 Å². The number of carbonyl (C=O) groups is 2. The number of carbonyl (C=O) groups excluding carboxylic acids is 1. The first-order chi connectivity index (χ1) is 16.6. The predicted octanol–water partition coefficient (Wildman–Crippen LogP) is 4.98. The van der Waals surface area contributed by atoms with Gasteiger partial charge >= 0.3 is 18.2 Å². The highest BCUT2D eigenvalue weighted by Crippen LogP contribution is 2.43. The van der Waals surface area contributed by atoms with Gasteiger partial charge in [-0.15, -0.1) is 0 Å². The van der Waals surface area contributed by atoms with Crippen LogP contribution in [0.15, 0.2) is 52.9 Å². The van der Waals surface area contributed by atoms with E-state index < -0.39 is 57.5 Å². The van der Waals surface area contributed by atoms with E-state index in [0.29, 0.717) is 0 Å². The number of methoxy groups -OCH3 is 2. The number of rotatable bonds is 7. The van der Waals surface area contributed by atoms with Crippen molar-refractivity contribution >= 4 is 22.7 Å². The Morgan fingerprint density at radius 3 is 2.11 bits per heavy atom. The second-order valence-corrected chi connectivity index (χ2v) is 6.95. The lowest BCUT2D eigenvalue weighted by Crippen LogP contribution is -2.13. The Balaban J connectivity index is 1.98. The van der Waals surface area contributed by atoms with Crippen molar-refractivity contribution in [3.63, 3.8) is 0 Å². The number of carboxylic acids is 1. The van der Waals surface area contributed by atoms with Crippen molar-refractivity contribution in [2.45, 2.75) is 6.18 Å². The lowest BCUT2D eigenvalue weighted by molar-refractivity contribution is -0.152. The van der Waals surface area contributed by atoms with Crippen LogP contribution in [-0.4, -0.2) is 41.0 Å². The first-order valence-corrected chi connectivity index (χ1v) is 9.78. The zero-order chi connectivity index (χ0) is 25.3. The molecule has 2 aromatic carbocycles. The van der Waals surface area contributed by atoms with Gasteiger partial charge in [-0.3, -0.25) is 4.79 Å². The van der Waals surface area contributed by atoms with Crippen LogP contribution in [0.4, 0.5) is 13.2 Å². The van der Waals surface area contributed by atoms with Gasteiger partial charge in [0.2, 0.25) is 17.5 Å². The maximum Gasteiger partial charge on any atom is 0.450 e. The SMILES string of the molecule is COc1cc(OC)nc(Oc2ccc3oc(C(F)(F)F)c(C(=O)c4ccccc4)c3c2C(=O)O)n1. The monoisotopic (exact) mass is 488 g/mol. The molecule has 9 nitrogen and oxygen atoms in total. The topological polar surface area (TPSA) is 121 Å². The summed E-state index contributed by atoms with van der Waals surface area (Å²) in [5.74, 6) is -4.76. The van der Waals surface area contributed by atoms with E-state index in [4.69, 9.17) is 18.6 Å². The number of aromatic nitrogens is 2. The Labute approximate surface area is 194 Å². The minimum Gasteiger partial charge on any atom is -0.481 e. The Bertz CT molecular complexity index is 1410. The molecule has 0 amide bonds. The molecule has 35 heavy (non-hydrogen) atoms. The number of hydrogen-bond acceptors (Lipinski definition) is 8. The van der Waals surface area contributed by atoms with Gasteiger partial charge in [0.1, 0.15) is 16.9 Å². The normalized spacial score (nSPS) is 11.3. The van der Waals surface area contributed by atoms with E-state index in [1.165, 1.54) is 44.6 Å². The van der Waals surface area contributed by atoms with Gasteiger partial charge < -0.3 is 23.7 Å². The molecule has 0 aliphatic heterocycles. The molecule has 2 heterocycles. The molecule has 180 valence electrons. The number of nitrogens with zero attached hydrogens (tertiary/aromatic N) is 2. The van der Waals surface area contributed by atoms with Crippen LogP contribution < -0.4 is 14.2 Å². The standard InChI is InChI=1S/C23H15F3N2O7/c1-32-14-10-15(33-2)28-22(27-14)35-13-9-8-12-16(17(13)21(30)31)18(20(34-12)23(24,25)26)19(29)11-6-4-3-5-7-11/h3-10H,1-2H3,(H,30,31). The number of furan rings is 1. The van der Waals surface area contributed by atoms with Crippen LogP contribution in [0.3, 0.4) is 0 Å². The molecule has 0 saturated heterocycles. The molecule has 0 saturated carbocycles. The minimum absolute atomic E-state index is 0.0208. The lowest BCUT2D eigenvalue weighted by atomic mass is 9.96. The quantitative estimate of drug-likeness (QED) is 0.359. The number of benzene rings is 2. The second-order valence-electron chi connectivity index (χ2n) is 6.95. The Kier molecular flexibility index (Phi) is 6.03. The molecule has 0 atom stereocenters. The highest BCUT2D eigenvalue weighted by atomic mass is 19.4. The predicted molar refractivity (Wildman–Crippen MR) is 113 cm³/mol. The molecular formula is C23H15F3N2O7. The number of alkyl halides is 3. The third-order valence-corrected chi connectivity index (χ3v) is 4.83. The van der Waals surface area contributed by atoms with Gasteiger partial charge in [-0.25, -0.2) is 4.79 Å². The van der Waals surface area contributed by atoms with Crippen LogP contribution in [0.5, 0.6) is 23.5 Å². The van der Waals surface area contributed by atoms with Gasteiger partial charge in [0.15, 0.2) is 5.78 Å². The van der Waals surface area contributed by atoms with Gasteiger partial charge in [0, 0.05) is 5.56 Å². The molecule has 12 heteroatoms. The van der Waals surface area contributed by atoms with Crippen molar-refractivity contribution in [3.05, 3.63) is 71.0 Å². The van der Waals surface area contributed by atoms with Gasteiger partial charge in [0.05, 0.1) is 31.2 Å². The average molecular weight is 488 g/mol. The van der Waals surface area contributed by atoms with Crippen LogP contribution in [0.1, 0.15) is 32.0 Å². The molecule has 0 fully saturated rings. The zero-order valence-electron chi connectivity index (χ0n) is 18.0. The van der Waals surface area contributed by atoms with Crippen molar-refractivity contribution in [3.8, 4) is 23.5 Å². The van der Waals surface area contributed by atoms with Crippen molar-refractivity contribution in [1.82, 2.24) is 9.97 Å². The van der Waals surface area contributed by atoms with Crippen molar-refractivity contribution in [1.29, 1.82) is 0 Å². The largest absolute Gasteiger partial charge is 0.481 e. The summed E-state index contributed by atoms with van der Waals surface area (Å²) in [6.45, 7) is 0. The Morgan fingerprint density at radius 1 is 0.943 bits per heavy atom. The van der Waals surface area contributed by atoms with Gasteiger partial charge in [-0.1, -0.05) is 30.3 Å². The van der Waals surface area contributed by atoms with E-state index in [-0.39, 0.29) is 17.3 Å². The maximum atomic E-state index is 13.8. The third-order valence-electron chi connectivity index (χ3n) is 4.83. The summed E-state index contributed by atoms with van der Waals surface area (Å²) in [6.07, 6.45) is -5.08. The van der Waals surface area contributed by atoms with Crippen LogP contribution in [0, 0.1) is 0 Å². The smallest absolute Gasteiger partial charge is 0.450 e. The minimum atomic E-state index is -5.08. The highest BCUT2D eigenvalue weighted by molar-refractivity contribution is 6.21. The van der Waals surface area contributed by atoms with Crippen LogP contribution in [0.25, 0.3) is 11.0 Å². The number of ketones is 1. The van der Waals surface area contributed by atoms with E-state index in [9.17, 15) is 27.9 Å². The number of aromatic carboxylic acids is 1. The fourth-order valence-electron chi connectivity index (χ4n) is 3.36. The zero-order valence-corrected chi connectivity index (χ0v) is 18.0. The number of carboxylic acid groups (broad SMARTS) is 1. The lowest BCUT2D eigenvalue weighted by Gasteiger charge is -2.11. The van der Waals surface area contributed by atoms with Crippen LogP contribution in [-0.2, 0) is 6.18 Å². The number of halogens is 3. The van der Waals surface area contributed by atoms with E-state index in [0.717, 1.165) is 12.1 Å². The molecular weight excluding hydrogens is 473 g/mol. The first kappa shape index (κ1) is 23.5. The molecule has 0 unspecified atom stereocenters. The molecule has 1 N–H and O–H groups in total. The molecule has 0 aliphatic carbocycles. The average Bonchev–Trinajstić information content (AvgIpc) is 3.23. The summed E-state index contributed by atoms with van der Waals surface area (Å²) >= 11 is 0. The summed E-state index contributed by atoms with van der Waals surface area (Å²) in [7, 11) is 2.62. The fraction of sp³-hybridized carbons (Fsp3) is 0.130. The van der Waals surface area contributed by atoms with Crippen molar-refractivity contribution < 1.29 is 46.5 Å². The number of hydrogen-bond donors (Lipinski definition) is 1. The third kappa shape index (κ3) is 4.45. The molecule has 0 bridgehead atoms. The maximum absolute atomic E-state index is 13.8. The summed E-state index contributed by atoms with van der Waals surface area (Å²) in [5, 5.41) is 9.35. The fourth-order valence-corrected chi connectivity index (χ4v) is 3.36. The number of fused-ring (bicyclic) bond motifs is 1. The molecule has 4 rings (SSSR count). The molecule has 0 radical (unpaired) electrons. The molecule has 4 aromatic rings. The van der Waals surface area contributed by atoms with Gasteiger partial charge in [-0.2, -0.15) is 23.1 Å². The van der Waals surface area contributed by atoms with Crippen LogP contribution in [0.2, 0.25) is 0 Å². The molecule has 0 aliphatic rings. The van der Waals surface area contributed by atoms with Crippen molar-refractivity contribution in [2.75, 3.05) is 14.2 Å². The van der Waals surface area contributed by atoms with Gasteiger partial charge in [-0.05, 0) is 12.1 Å². The Hall–Kier alpha value is -4.61. The summed E-state index contributed by atoms with van der Waals surface area (Å²) in [4.78, 5) is 33.2. The van der Waals surface area contributed by atoms with Crippen LogP contribution >= 0.6 is 0 Å². The highest BCUT2D eigenvalue weighted by Gasteiger charge is 2.43. The molecule has 2 aromatic heterocycles.